The molecule has 3 aromatic rings. The van der Waals surface area contributed by atoms with Gasteiger partial charge in [-0.05, 0) is 19.2 Å². The summed E-state index contributed by atoms with van der Waals surface area (Å²) in [4.78, 5) is 45.9. The predicted octanol–water partition coefficient (Wildman–Crippen LogP) is 2.91. The lowest BCUT2D eigenvalue weighted by Gasteiger charge is -2.17. The Morgan fingerprint density at radius 2 is 1.97 bits per heavy atom. The van der Waals surface area contributed by atoms with Crippen molar-refractivity contribution < 1.29 is 23.5 Å². The molecule has 0 aliphatic heterocycles. The molecule has 0 atom stereocenters. The number of nitrogens with zero attached hydrogens (tertiary/aromatic N) is 2. The van der Waals surface area contributed by atoms with Gasteiger partial charge in [-0.25, -0.2) is 14.2 Å². The number of benzene rings is 1. The molecule has 0 aliphatic rings. The number of fused-ring (bicyclic) bond motifs is 1. The van der Waals surface area contributed by atoms with Gasteiger partial charge in [-0.3, -0.25) is 14.5 Å². The molecule has 2 aromatic heterocycles. The number of H-pyrrole nitrogens is 1. The summed E-state index contributed by atoms with van der Waals surface area (Å²) < 4.78 is 23.5. The highest BCUT2D eigenvalue weighted by Gasteiger charge is 2.25. The molecular weight excluding hydrogens is 449 g/mol. The van der Waals surface area contributed by atoms with Crippen LogP contribution in [-0.4, -0.2) is 48.1 Å². The zero-order valence-electron chi connectivity index (χ0n) is 17.0. The van der Waals surface area contributed by atoms with Gasteiger partial charge in [0.25, 0.3) is 5.56 Å². The molecule has 1 aromatic carbocycles. The minimum absolute atomic E-state index is 0.115. The van der Waals surface area contributed by atoms with Gasteiger partial charge in [0.15, 0.2) is 0 Å². The lowest BCUT2D eigenvalue weighted by Crippen LogP contribution is -2.22. The lowest BCUT2D eigenvalue weighted by molar-refractivity contribution is -0.139. The van der Waals surface area contributed by atoms with Crippen LogP contribution in [0.3, 0.4) is 0 Å². The number of carbonyl (C=O) groups excluding carboxylic acids is 2. The molecule has 0 spiro atoms. The fourth-order valence-electron chi connectivity index (χ4n) is 3.09. The topological polar surface area (TPSA) is 102 Å². The van der Waals surface area contributed by atoms with Crippen LogP contribution in [0.15, 0.2) is 23.0 Å². The molecule has 0 aliphatic carbocycles. The molecule has 3 rings (SSSR count). The number of aromatic nitrogens is 2. The Morgan fingerprint density at radius 3 is 2.61 bits per heavy atom. The van der Waals surface area contributed by atoms with E-state index in [-0.39, 0.29) is 40.2 Å². The molecule has 0 bridgehead atoms. The number of hydrogen-bond donors (Lipinski definition) is 1. The van der Waals surface area contributed by atoms with Crippen molar-refractivity contribution in [1.29, 1.82) is 0 Å². The van der Waals surface area contributed by atoms with Crippen LogP contribution in [0.5, 0.6) is 0 Å². The van der Waals surface area contributed by atoms with Crippen LogP contribution in [0.4, 0.5) is 4.39 Å². The van der Waals surface area contributed by atoms with E-state index < -0.39 is 23.3 Å². The number of methoxy groups -OCH3 is 2. The summed E-state index contributed by atoms with van der Waals surface area (Å²) in [6.45, 7) is 0.381. The van der Waals surface area contributed by atoms with E-state index in [1.165, 1.54) is 26.4 Å². The highest BCUT2D eigenvalue weighted by atomic mass is 35.5. The highest BCUT2D eigenvalue weighted by Crippen LogP contribution is 2.29. The summed E-state index contributed by atoms with van der Waals surface area (Å²) in [5, 5.41) is 0.441. The van der Waals surface area contributed by atoms with E-state index in [1.807, 2.05) is 0 Å². The Bertz CT molecular complexity index is 1190. The highest BCUT2D eigenvalue weighted by molar-refractivity contribution is 7.20. The van der Waals surface area contributed by atoms with Gasteiger partial charge in [0, 0.05) is 22.7 Å². The van der Waals surface area contributed by atoms with Gasteiger partial charge in [0.1, 0.15) is 21.3 Å². The summed E-state index contributed by atoms with van der Waals surface area (Å²) in [5.41, 5.74) is 0.0488. The van der Waals surface area contributed by atoms with E-state index in [0.717, 1.165) is 11.3 Å². The predicted molar refractivity (Wildman–Crippen MR) is 114 cm³/mol. The maximum atomic E-state index is 14.0. The van der Waals surface area contributed by atoms with Gasteiger partial charge >= 0.3 is 11.9 Å². The van der Waals surface area contributed by atoms with E-state index in [0.29, 0.717) is 16.4 Å². The van der Waals surface area contributed by atoms with Crippen LogP contribution in [0.2, 0.25) is 5.02 Å². The number of hydrogen-bond acceptors (Lipinski definition) is 8. The first-order valence-electron chi connectivity index (χ1n) is 9.06. The standard InChI is InChI=1S/C20H19ClFN3O5S/c1-25(8-11-12(21)5-4-6-13(11)22)9-14-23-18(27)16-10(7-15(26)29-2)17(20(28)30-3)31-19(16)24-14/h4-6H,7-9H2,1-3H3,(H,23,24,27). The molecular formula is C20H19ClFN3O5S. The Morgan fingerprint density at radius 1 is 1.23 bits per heavy atom. The van der Waals surface area contributed by atoms with Crippen LogP contribution in [0.1, 0.15) is 26.6 Å². The number of rotatable bonds is 7. The zero-order chi connectivity index (χ0) is 22.7. The minimum atomic E-state index is -0.672. The van der Waals surface area contributed by atoms with Crippen LogP contribution >= 0.6 is 22.9 Å². The molecule has 0 radical (unpaired) electrons. The fourth-order valence-corrected chi connectivity index (χ4v) is 4.45. The number of carbonyl (C=O) groups is 2. The zero-order valence-corrected chi connectivity index (χ0v) is 18.5. The Hall–Kier alpha value is -2.82. The number of nitrogens with one attached hydrogen (secondary N) is 1. The molecule has 8 nitrogen and oxygen atoms in total. The summed E-state index contributed by atoms with van der Waals surface area (Å²) in [6.07, 6.45) is -0.267. The Labute approximate surface area is 185 Å². The number of halogens is 2. The summed E-state index contributed by atoms with van der Waals surface area (Å²) in [7, 11) is 4.15. The van der Waals surface area contributed by atoms with Crippen molar-refractivity contribution in [2.45, 2.75) is 19.5 Å². The second-order valence-electron chi connectivity index (χ2n) is 6.72. The van der Waals surface area contributed by atoms with E-state index >= 15 is 0 Å². The summed E-state index contributed by atoms with van der Waals surface area (Å²) in [5.74, 6) is -1.39. The van der Waals surface area contributed by atoms with E-state index in [2.05, 4.69) is 14.7 Å². The first-order valence-corrected chi connectivity index (χ1v) is 10.3. The normalized spacial score (nSPS) is 11.2. The van der Waals surface area contributed by atoms with Gasteiger partial charge < -0.3 is 14.5 Å². The van der Waals surface area contributed by atoms with Crippen LogP contribution < -0.4 is 5.56 Å². The molecule has 1 N–H and O–H groups in total. The van der Waals surface area contributed by atoms with E-state index in [9.17, 15) is 18.8 Å². The van der Waals surface area contributed by atoms with Gasteiger partial charge in [0.2, 0.25) is 0 Å². The molecule has 164 valence electrons. The Kier molecular flexibility index (Phi) is 7.04. The molecule has 31 heavy (non-hydrogen) atoms. The second-order valence-corrected chi connectivity index (χ2v) is 8.13. The molecule has 2 heterocycles. The van der Waals surface area contributed by atoms with Gasteiger partial charge in [0.05, 0.1) is 32.6 Å². The third-order valence-electron chi connectivity index (χ3n) is 4.54. The first kappa shape index (κ1) is 22.9. The molecule has 0 saturated heterocycles. The average Bonchev–Trinajstić information content (AvgIpc) is 3.08. The largest absolute Gasteiger partial charge is 0.469 e. The van der Waals surface area contributed by atoms with Crippen molar-refractivity contribution in [1.82, 2.24) is 14.9 Å². The van der Waals surface area contributed by atoms with Crippen molar-refractivity contribution in [3.05, 3.63) is 61.2 Å². The smallest absolute Gasteiger partial charge is 0.348 e. The number of ether oxygens (including phenoxy) is 2. The number of aromatic amines is 1. The van der Waals surface area contributed by atoms with Crippen molar-refractivity contribution in [2.75, 3.05) is 21.3 Å². The maximum Gasteiger partial charge on any atom is 0.348 e. The van der Waals surface area contributed by atoms with Gasteiger partial charge in [-0.1, -0.05) is 17.7 Å². The van der Waals surface area contributed by atoms with Crippen LogP contribution in [0.25, 0.3) is 10.2 Å². The minimum Gasteiger partial charge on any atom is -0.469 e. The monoisotopic (exact) mass is 467 g/mol. The number of esters is 2. The molecule has 0 unspecified atom stereocenters. The average molecular weight is 468 g/mol. The molecule has 0 fully saturated rings. The molecule has 11 heteroatoms. The van der Waals surface area contributed by atoms with Crippen molar-refractivity contribution >= 4 is 45.1 Å². The second kappa shape index (κ2) is 9.54. The van der Waals surface area contributed by atoms with Crippen molar-refractivity contribution in [3.8, 4) is 0 Å². The fraction of sp³-hybridized carbons (Fsp3) is 0.300. The van der Waals surface area contributed by atoms with Crippen LogP contribution in [0, 0.1) is 5.82 Å². The van der Waals surface area contributed by atoms with E-state index in [1.54, 1.807) is 18.0 Å². The first-order chi connectivity index (χ1) is 14.7. The quantitative estimate of drug-likeness (QED) is 0.533. The van der Waals surface area contributed by atoms with Gasteiger partial charge in [-0.2, -0.15) is 0 Å². The molecule has 0 amide bonds. The lowest BCUT2D eigenvalue weighted by atomic mass is 10.1. The van der Waals surface area contributed by atoms with Gasteiger partial charge in [-0.15, -0.1) is 11.3 Å². The summed E-state index contributed by atoms with van der Waals surface area (Å²) >= 11 is 7.04. The molecule has 0 saturated carbocycles. The van der Waals surface area contributed by atoms with Crippen LogP contribution in [-0.2, 0) is 33.8 Å². The van der Waals surface area contributed by atoms with Crippen molar-refractivity contribution in [2.24, 2.45) is 0 Å². The third-order valence-corrected chi connectivity index (χ3v) is 6.00. The van der Waals surface area contributed by atoms with Crippen molar-refractivity contribution in [3.63, 3.8) is 0 Å². The number of thiophene rings is 1. The SMILES string of the molecule is COC(=O)Cc1c(C(=O)OC)sc2nc(CN(C)Cc3c(F)cccc3Cl)[nH]c(=O)c12. The summed E-state index contributed by atoms with van der Waals surface area (Å²) in [6, 6.07) is 4.45. The Balaban J connectivity index is 1.95. The maximum absolute atomic E-state index is 14.0. The third kappa shape index (κ3) is 4.92. The van der Waals surface area contributed by atoms with E-state index in [4.69, 9.17) is 16.3 Å².